The summed E-state index contributed by atoms with van der Waals surface area (Å²) in [7, 11) is 0. The molecule has 0 saturated carbocycles. The van der Waals surface area contributed by atoms with Gasteiger partial charge in [-0.05, 0) is 0 Å². The van der Waals surface area contributed by atoms with Crippen molar-refractivity contribution >= 4 is 17.1 Å². The lowest BCUT2D eigenvalue weighted by Crippen LogP contribution is -2.36. The Hall–Kier alpha value is -2.01. The predicted octanol–water partition coefficient (Wildman–Crippen LogP) is -1.63. The summed E-state index contributed by atoms with van der Waals surface area (Å²) in [6.07, 6.45) is -0.644. The number of nitrogens with zero attached hydrogens (tertiary/aromatic N) is 4. The zero-order chi connectivity index (χ0) is 16.1. The molecule has 0 amide bonds. The Balaban J connectivity index is 1.79. The van der Waals surface area contributed by atoms with E-state index in [1.807, 2.05) is 0 Å². The van der Waals surface area contributed by atoms with E-state index in [4.69, 9.17) is 4.74 Å². The van der Waals surface area contributed by atoms with Gasteiger partial charge >= 0.3 is 0 Å². The smallest absolute Gasteiger partial charge is 0.283 e. The van der Waals surface area contributed by atoms with Gasteiger partial charge in [0.2, 0.25) is 5.95 Å². The summed E-state index contributed by atoms with van der Waals surface area (Å²) < 4.78 is 8.59. The first kappa shape index (κ1) is 14.6. The van der Waals surface area contributed by atoms with Gasteiger partial charge in [-0.15, -0.1) is 0 Å². The molecule has 124 valence electrons. The van der Waals surface area contributed by atoms with Crippen molar-refractivity contribution in [2.45, 2.75) is 44.1 Å². The van der Waals surface area contributed by atoms with Crippen LogP contribution in [0.25, 0.3) is 11.2 Å². The Bertz CT molecular complexity index is 802. The molecule has 4 rings (SSSR count). The van der Waals surface area contributed by atoms with Crippen molar-refractivity contribution < 1.29 is 20.1 Å². The van der Waals surface area contributed by atoms with Gasteiger partial charge in [0, 0.05) is 19.4 Å². The van der Waals surface area contributed by atoms with E-state index in [-0.39, 0.29) is 30.1 Å². The minimum absolute atomic E-state index is 0.206. The van der Waals surface area contributed by atoms with Crippen molar-refractivity contribution in [1.29, 1.82) is 0 Å². The Kier molecular flexibility index (Phi) is 3.34. The molecule has 2 aliphatic rings. The molecule has 0 aromatic carbocycles. The van der Waals surface area contributed by atoms with Gasteiger partial charge in [-0.3, -0.25) is 13.9 Å². The van der Waals surface area contributed by atoms with Crippen LogP contribution in [0, 0.1) is 0 Å². The third kappa shape index (κ3) is 2.22. The van der Waals surface area contributed by atoms with E-state index in [9.17, 15) is 20.1 Å². The zero-order valence-electron chi connectivity index (χ0n) is 12.2. The van der Waals surface area contributed by atoms with Crippen molar-refractivity contribution in [3.63, 3.8) is 0 Å². The fraction of sp³-hybridized carbons (Fsp3) is 0.615. The molecule has 1 saturated heterocycles. The van der Waals surface area contributed by atoms with Gasteiger partial charge in [0.1, 0.15) is 18.6 Å². The second kappa shape index (κ2) is 5.27. The first-order valence-corrected chi connectivity index (χ1v) is 7.45. The van der Waals surface area contributed by atoms with Crippen LogP contribution in [0.4, 0.5) is 5.95 Å². The van der Waals surface area contributed by atoms with E-state index >= 15 is 0 Å². The number of nitrogens with one attached hydrogen (secondary N) is 1. The first-order valence-electron chi connectivity index (χ1n) is 7.45. The molecule has 23 heavy (non-hydrogen) atoms. The van der Waals surface area contributed by atoms with Gasteiger partial charge in [0.05, 0.1) is 19.0 Å². The van der Waals surface area contributed by atoms with Crippen LogP contribution in [0.3, 0.4) is 0 Å². The van der Waals surface area contributed by atoms with E-state index < -0.39 is 24.7 Å². The summed E-state index contributed by atoms with van der Waals surface area (Å²) in [5, 5.41) is 31.5. The molecule has 4 atom stereocenters. The second-order valence-corrected chi connectivity index (χ2v) is 5.78. The Morgan fingerprint density at radius 2 is 2.26 bits per heavy atom. The van der Waals surface area contributed by atoms with E-state index in [0.717, 1.165) is 0 Å². The van der Waals surface area contributed by atoms with Crippen molar-refractivity contribution in [3.8, 4) is 0 Å². The zero-order valence-corrected chi connectivity index (χ0v) is 12.2. The quantitative estimate of drug-likeness (QED) is 0.517. The Morgan fingerprint density at radius 3 is 3.00 bits per heavy atom. The molecule has 0 bridgehead atoms. The first-order chi connectivity index (χ1) is 11.1. The van der Waals surface area contributed by atoms with Crippen LogP contribution in [0.5, 0.6) is 0 Å². The molecule has 1 fully saturated rings. The highest BCUT2D eigenvalue weighted by atomic mass is 16.5. The average Bonchev–Trinajstić information content (AvgIpc) is 3.10. The number of ether oxygens (including phenoxy) is 1. The topological polar surface area (TPSA) is 135 Å². The highest BCUT2D eigenvalue weighted by molar-refractivity contribution is 5.71. The van der Waals surface area contributed by atoms with Gasteiger partial charge in [-0.1, -0.05) is 0 Å². The summed E-state index contributed by atoms with van der Waals surface area (Å²) in [5.74, 6) is 0.278. The molecule has 0 aliphatic carbocycles. The fourth-order valence-electron chi connectivity index (χ4n) is 3.05. The van der Waals surface area contributed by atoms with E-state index in [0.29, 0.717) is 18.6 Å². The number of hydrogen-bond acceptors (Lipinski definition) is 8. The summed E-state index contributed by atoms with van der Waals surface area (Å²) in [6, 6.07) is 0. The number of fused-ring (bicyclic) bond motifs is 2. The monoisotopic (exact) mass is 323 g/mol. The number of anilines is 1. The van der Waals surface area contributed by atoms with E-state index in [1.54, 1.807) is 4.57 Å². The summed E-state index contributed by atoms with van der Waals surface area (Å²) in [6.45, 7) is 0.0763. The maximum absolute atomic E-state index is 12.5. The normalized spacial score (nSPS) is 30.4. The lowest BCUT2D eigenvalue weighted by Gasteiger charge is -2.23. The summed E-state index contributed by atoms with van der Waals surface area (Å²) in [5.41, 5.74) is 0.233. The number of rotatable bonds is 2. The molecule has 4 heterocycles. The largest absolute Gasteiger partial charge is 0.394 e. The number of aliphatic hydroxyl groups excluding tert-OH is 3. The fourth-order valence-corrected chi connectivity index (χ4v) is 3.05. The molecule has 10 heteroatoms. The van der Waals surface area contributed by atoms with Crippen LogP contribution >= 0.6 is 0 Å². The van der Waals surface area contributed by atoms with Crippen molar-refractivity contribution in [1.82, 2.24) is 19.1 Å². The minimum Gasteiger partial charge on any atom is -0.394 e. The third-order valence-corrected chi connectivity index (χ3v) is 4.30. The van der Waals surface area contributed by atoms with Crippen LogP contribution in [-0.2, 0) is 11.3 Å². The van der Waals surface area contributed by atoms with Gasteiger partial charge in [-0.2, -0.15) is 4.98 Å². The number of aromatic nitrogens is 4. The SMILES string of the molecule is O=c1c2ncn(C3CC(O)C(CO)O3)c2nc2n1CCC(O)N2. The molecule has 2 aliphatic heterocycles. The lowest BCUT2D eigenvalue weighted by molar-refractivity contribution is -0.0432. The summed E-state index contributed by atoms with van der Waals surface area (Å²) in [4.78, 5) is 21.0. The van der Waals surface area contributed by atoms with Crippen LogP contribution < -0.4 is 10.9 Å². The van der Waals surface area contributed by atoms with Crippen LogP contribution in [-0.4, -0.2) is 59.5 Å². The molecular formula is C13H17N5O5. The lowest BCUT2D eigenvalue weighted by atomic mass is 10.2. The average molecular weight is 323 g/mol. The van der Waals surface area contributed by atoms with Gasteiger partial charge in [0.25, 0.3) is 5.56 Å². The molecule has 2 aromatic rings. The van der Waals surface area contributed by atoms with Gasteiger partial charge < -0.3 is 25.4 Å². The molecule has 10 nitrogen and oxygen atoms in total. The van der Waals surface area contributed by atoms with Crippen LogP contribution in [0.15, 0.2) is 11.1 Å². The summed E-state index contributed by atoms with van der Waals surface area (Å²) >= 11 is 0. The molecule has 0 spiro atoms. The van der Waals surface area contributed by atoms with Crippen LogP contribution in [0.2, 0.25) is 0 Å². The van der Waals surface area contributed by atoms with Crippen LogP contribution in [0.1, 0.15) is 19.1 Å². The second-order valence-electron chi connectivity index (χ2n) is 5.78. The Morgan fingerprint density at radius 1 is 1.43 bits per heavy atom. The minimum atomic E-state index is -0.791. The van der Waals surface area contributed by atoms with Gasteiger partial charge in [-0.25, -0.2) is 4.98 Å². The number of hydrogen-bond donors (Lipinski definition) is 4. The maximum atomic E-state index is 12.5. The van der Waals surface area contributed by atoms with Crippen molar-refractivity contribution in [2.75, 3.05) is 11.9 Å². The molecular weight excluding hydrogens is 306 g/mol. The molecule has 4 unspecified atom stereocenters. The molecule has 2 aromatic heterocycles. The number of aliphatic hydroxyl groups is 3. The number of imidazole rings is 1. The van der Waals surface area contributed by atoms with Crippen molar-refractivity contribution in [2.24, 2.45) is 0 Å². The third-order valence-electron chi connectivity index (χ3n) is 4.30. The van der Waals surface area contributed by atoms with Gasteiger partial charge in [0.15, 0.2) is 11.2 Å². The predicted molar refractivity (Wildman–Crippen MR) is 77.7 cm³/mol. The standard InChI is InChI=1S/C13H17N5O5/c19-4-7-6(20)3-9(23-7)18-5-14-10-11(18)16-13-15-8(21)1-2-17(13)12(10)22/h5-9,19-21H,1-4H2,(H,15,16). The maximum Gasteiger partial charge on any atom is 0.283 e. The van der Waals surface area contributed by atoms with Crippen molar-refractivity contribution in [3.05, 3.63) is 16.7 Å². The van der Waals surface area contributed by atoms with E-state index in [2.05, 4.69) is 15.3 Å². The Labute approximate surface area is 130 Å². The molecule has 0 radical (unpaired) electrons. The highest BCUT2D eigenvalue weighted by Gasteiger charge is 2.35. The molecule has 4 N–H and O–H groups in total. The van der Waals surface area contributed by atoms with E-state index in [1.165, 1.54) is 10.9 Å². The highest BCUT2D eigenvalue weighted by Crippen LogP contribution is 2.30.